The van der Waals surface area contributed by atoms with Crippen molar-refractivity contribution in [1.82, 2.24) is 19.5 Å². The molecule has 0 saturated heterocycles. The Balaban J connectivity index is 1.16. The summed E-state index contributed by atoms with van der Waals surface area (Å²) >= 11 is 0. The van der Waals surface area contributed by atoms with E-state index >= 15 is 0 Å². The van der Waals surface area contributed by atoms with Gasteiger partial charge in [-0.1, -0.05) is 105 Å². The maximum atomic E-state index is 9.38. The number of nitriles is 1. The highest BCUT2D eigenvalue weighted by molar-refractivity contribution is 6.29. The van der Waals surface area contributed by atoms with Gasteiger partial charge in [0.2, 0.25) is 0 Å². The topological polar surface area (TPSA) is 80.5 Å². The molecule has 0 saturated carbocycles. The Bertz CT molecular complexity index is 3220. The molecule has 11 rings (SSSR count). The van der Waals surface area contributed by atoms with Crippen molar-refractivity contribution in [3.8, 4) is 57.0 Å². The SMILES string of the molecule is CC1(C)c2ccccc2-c2c1c1c3ccccc3oc1c1c2c2ccccc2n1-c1ccc(-c2nc(-c3ccccc3)nc(-c3ccc(C#N)cc3)n2)cc1. The fourth-order valence-electron chi connectivity index (χ4n) is 8.77. The van der Waals surface area contributed by atoms with Crippen LogP contribution in [0.2, 0.25) is 0 Å². The Morgan fingerprint density at radius 3 is 1.87 bits per heavy atom. The van der Waals surface area contributed by atoms with Gasteiger partial charge in [0.25, 0.3) is 0 Å². The van der Waals surface area contributed by atoms with E-state index in [0.717, 1.165) is 50.0 Å². The molecule has 3 aromatic heterocycles. The molecular formula is C49H31N5O. The standard InChI is InChI=1S/C49H31N5O/c1-49(2)37-17-9-6-14-34(37)40-41-35-15-7-10-18-38(35)54(44(41)45-42(43(40)49)36-16-8-11-19-39(36)55-45)33-26-24-32(25-27-33)48-52-46(30-12-4-3-5-13-30)51-47(53-48)31-22-20-29(28-50)21-23-31/h3-27H,1-2H3. The number of nitrogens with zero attached hydrogens (tertiary/aromatic N) is 5. The van der Waals surface area contributed by atoms with Crippen molar-refractivity contribution in [3.63, 3.8) is 0 Å². The molecule has 10 aromatic rings. The van der Waals surface area contributed by atoms with Gasteiger partial charge in [0.15, 0.2) is 23.1 Å². The molecule has 6 nitrogen and oxygen atoms in total. The monoisotopic (exact) mass is 705 g/mol. The minimum Gasteiger partial charge on any atom is -0.454 e. The molecule has 6 heteroatoms. The smallest absolute Gasteiger partial charge is 0.164 e. The first-order valence-electron chi connectivity index (χ1n) is 18.4. The molecule has 0 unspecified atom stereocenters. The summed E-state index contributed by atoms with van der Waals surface area (Å²) in [7, 11) is 0. The van der Waals surface area contributed by atoms with Gasteiger partial charge in [0.05, 0.1) is 22.7 Å². The average Bonchev–Trinajstić information content (AvgIpc) is 3.87. The Labute approximate surface area is 316 Å². The molecule has 1 aliphatic carbocycles. The van der Waals surface area contributed by atoms with Gasteiger partial charge in [-0.3, -0.25) is 0 Å². The minimum absolute atomic E-state index is 0.227. The summed E-state index contributed by atoms with van der Waals surface area (Å²) in [6.45, 7) is 4.69. The van der Waals surface area contributed by atoms with Crippen molar-refractivity contribution in [2.45, 2.75) is 19.3 Å². The van der Waals surface area contributed by atoms with E-state index in [1.165, 1.54) is 38.4 Å². The third-order valence-electron chi connectivity index (χ3n) is 11.3. The number of rotatable bonds is 4. The molecule has 0 amide bonds. The van der Waals surface area contributed by atoms with Crippen LogP contribution in [0.5, 0.6) is 0 Å². The van der Waals surface area contributed by atoms with Crippen LogP contribution in [-0.2, 0) is 5.41 Å². The number of hydrogen-bond donors (Lipinski definition) is 0. The summed E-state index contributed by atoms with van der Waals surface area (Å²) in [4.78, 5) is 14.8. The van der Waals surface area contributed by atoms with E-state index in [4.69, 9.17) is 19.4 Å². The van der Waals surface area contributed by atoms with Crippen LogP contribution < -0.4 is 0 Å². The molecule has 1 aliphatic rings. The van der Waals surface area contributed by atoms with E-state index in [1.807, 2.05) is 48.5 Å². The summed E-state index contributed by atoms with van der Waals surface area (Å²) in [5, 5.41) is 14.1. The number of furan rings is 1. The van der Waals surface area contributed by atoms with Crippen LogP contribution in [0.3, 0.4) is 0 Å². The molecule has 0 radical (unpaired) electrons. The molecule has 7 aromatic carbocycles. The van der Waals surface area contributed by atoms with Gasteiger partial charge in [-0.25, -0.2) is 15.0 Å². The highest BCUT2D eigenvalue weighted by atomic mass is 16.3. The largest absolute Gasteiger partial charge is 0.454 e. The predicted octanol–water partition coefficient (Wildman–Crippen LogP) is 12.0. The highest BCUT2D eigenvalue weighted by Crippen LogP contribution is 2.58. The van der Waals surface area contributed by atoms with Gasteiger partial charge in [-0.2, -0.15) is 5.26 Å². The average molecular weight is 706 g/mol. The fraction of sp³-hybridized carbons (Fsp3) is 0.0612. The fourth-order valence-corrected chi connectivity index (χ4v) is 8.77. The number of para-hydroxylation sites is 2. The molecule has 3 heterocycles. The van der Waals surface area contributed by atoms with E-state index in [0.29, 0.717) is 23.0 Å². The van der Waals surface area contributed by atoms with Crippen molar-refractivity contribution in [3.05, 3.63) is 168 Å². The maximum absolute atomic E-state index is 9.38. The Hall–Kier alpha value is -7.36. The number of benzene rings is 7. The van der Waals surface area contributed by atoms with Crippen molar-refractivity contribution in [1.29, 1.82) is 5.26 Å². The molecule has 0 aliphatic heterocycles. The second kappa shape index (κ2) is 11.6. The lowest BCUT2D eigenvalue weighted by Crippen LogP contribution is -2.15. The summed E-state index contributed by atoms with van der Waals surface area (Å²) in [6, 6.07) is 53.9. The Kier molecular flexibility index (Phi) is 6.56. The van der Waals surface area contributed by atoms with Crippen LogP contribution in [-0.4, -0.2) is 19.5 Å². The molecule has 258 valence electrons. The third kappa shape index (κ3) is 4.50. The second-order valence-electron chi connectivity index (χ2n) is 14.7. The van der Waals surface area contributed by atoms with E-state index in [9.17, 15) is 5.26 Å². The zero-order chi connectivity index (χ0) is 36.8. The zero-order valence-corrected chi connectivity index (χ0v) is 30.1. The van der Waals surface area contributed by atoms with Crippen molar-refractivity contribution in [2.75, 3.05) is 0 Å². The summed E-state index contributed by atoms with van der Waals surface area (Å²) < 4.78 is 9.29. The van der Waals surface area contributed by atoms with Crippen LogP contribution in [0.15, 0.2) is 156 Å². The quantitative estimate of drug-likeness (QED) is 0.182. The van der Waals surface area contributed by atoms with E-state index in [-0.39, 0.29) is 5.41 Å². The van der Waals surface area contributed by atoms with Crippen molar-refractivity contribution >= 4 is 43.7 Å². The molecular weight excluding hydrogens is 675 g/mol. The number of hydrogen-bond acceptors (Lipinski definition) is 5. The number of fused-ring (bicyclic) bond motifs is 12. The highest BCUT2D eigenvalue weighted by Gasteiger charge is 2.41. The molecule has 0 fully saturated rings. The maximum Gasteiger partial charge on any atom is 0.164 e. The van der Waals surface area contributed by atoms with Crippen LogP contribution in [0.25, 0.3) is 94.7 Å². The second-order valence-corrected chi connectivity index (χ2v) is 14.7. The molecule has 0 atom stereocenters. The van der Waals surface area contributed by atoms with E-state index < -0.39 is 0 Å². The van der Waals surface area contributed by atoms with Gasteiger partial charge in [0, 0.05) is 49.3 Å². The van der Waals surface area contributed by atoms with Crippen LogP contribution in [0.4, 0.5) is 0 Å². The minimum atomic E-state index is -0.227. The van der Waals surface area contributed by atoms with Gasteiger partial charge in [0.1, 0.15) is 5.58 Å². The van der Waals surface area contributed by atoms with Crippen LogP contribution in [0, 0.1) is 11.3 Å². The molecule has 0 spiro atoms. The Morgan fingerprint density at radius 1 is 0.582 bits per heavy atom. The van der Waals surface area contributed by atoms with E-state index in [1.54, 1.807) is 12.1 Å². The van der Waals surface area contributed by atoms with Crippen molar-refractivity contribution in [2.24, 2.45) is 0 Å². The lowest BCUT2D eigenvalue weighted by Gasteiger charge is -2.22. The van der Waals surface area contributed by atoms with Crippen LogP contribution in [0.1, 0.15) is 30.5 Å². The molecule has 55 heavy (non-hydrogen) atoms. The third-order valence-corrected chi connectivity index (χ3v) is 11.3. The first-order chi connectivity index (χ1) is 27.0. The normalized spacial score (nSPS) is 13.0. The van der Waals surface area contributed by atoms with Gasteiger partial charge in [-0.05, 0) is 82.9 Å². The summed E-state index contributed by atoms with van der Waals surface area (Å²) in [6.07, 6.45) is 0. The molecule has 0 N–H and O–H groups in total. The lowest BCUT2D eigenvalue weighted by molar-refractivity contribution is 0.658. The number of aromatic nitrogens is 4. The van der Waals surface area contributed by atoms with Gasteiger partial charge < -0.3 is 8.98 Å². The van der Waals surface area contributed by atoms with Gasteiger partial charge in [-0.15, -0.1) is 0 Å². The summed E-state index contributed by atoms with van der Waals surface area (Å²) in [5.41, 5.74) is 13.1. The first-order valence-corrected chi connectivity index (χ1v) is 18.4. The Morgan fingerprint density at radius 2 is 1.16 bits per heavy atom. The van der Waals surface area contributed by atoms with Gasteiger partial charge >= 0.3 is 0 Å². The molecule has 0 bridgehead atoms. The summed E-state index contributed by atoms with van der Waals surface area (Å²) in [5.74, 6) is 1.70. The predicted molar refractivity (Wildman–Crippen MR) is 220 cm³/mol. The van der Waals surface area contributed by atoms with Crippen molar-refractivity contribution < 1.29 is 4.42 Å². The lowest BCUT2D eigenvalue weighted by atomic mass is 9.80. The van der Waals surface area contributed by atoms with Crippen LogP contribution >= 0.6 is 0 Å². The first kappa shape index (κ1) is 31.2. The zero-order valence-electron chi connectivity index (χ0n) is 30.1. The van der Waals surface area contributed by atoms with E-state index in [2.05, 4.69) is 115 Å².